The lowest BCUT2D eigenvalue weighted by atomic mass is 10.1. The smallest absolute Gasteiger partial charge is 0.265 e. The molecule has 164 valence electrons. The number of fused-ring (bicyclic) bond motifs is 1. The van der Waals surface area contributed by atoms with Crippen molar-refractivity contribution in [3.05, 3.63) is 99.1 Å². The molecule has 1 N–H and O–H groups in total. The SMILES string of the molecule is CC.Cc1cc(-n2c(C)nc3ccccc3c2=O)ccc1NC(=O)Cc1ccc(Cl)cc1. The number of hydrogen-bond acceptors (Lipinski definition) is 3. The van der Waals surface area contributed by atoms with Crippen molar-refractivity contribution in [3.8, 4) is 5.69 Å². The quantitative estimate of drug-likeness (QED) is 0.426. The van der Waals surface area contributed by atoms with Crippen LogP contribution in [0.5, 0.6) is 0 Å². The molecular weight excluding hydrogens is 422 g/mol. The number of amides is 1. The van der Waals surface area contributed by atoms with E-state index in [4.69, 9.17) is 11.6 Å². The van der Waals surface area contributed by atoms with Crippen molar-refractivity contribution < 1.29 is 4.79 Å². The van der Waals surface area contributed by atoms with Crippen LogP contribution in [0.3, 0.4) is 0 Å². The number of hydrogen-bond donors (Lipinski definition) is 1. The molecule has 0 atom stereocenters. The van der Waals surface area contributed by atoms with Gasteiger partial charge in [0, 0.05) is 10.7 Å². The Morgan fingerprint density at radius 2 is 1.69 bits per heavy atom. The molecule has 0 bridgehead atoms. The van der Waals surface area contributed by atoms with Crippen molar-refractivity contribution in [1.82, 2.24) is 9.55 Å². The Morgan fingerprint density at radius 3 is 2.38 bits per heavy atom. The molecule has 0 saturated heterocycles. The van der Waals surface area contributed by atoms with E-state index in [1.807, 2.05) is 76.2 Å². The van der Waals surface area contributed by atoms with Crippen molar-refractivity contribution >= 4 is 34.1 Å². The van der Waals surface area contributed by atoms with E-state index in [0.29, 0.717) is 33.1 Å². The predicted octanol–water partition coefficient (Wildman–Crippen LogP) is 5.86. The standard InChI is InChI=1S/C24H20ClN3O2.C2H6/c1-15-13-19(28-16(2)26-22-6-4-3-5-20(22)24(28)30)11-12-21(15)27-23(29)14-17-7-9-18(25)10-8-17;1-2/h3-13H,14H2,1-2H3,(H,27,29);1-2H3. The summed E-state index contributed by atoms with van der Waals surface area (Å²) in [4.78, 5) is 30.0. The van der Waals surface area contributed by atoms with Gasteiger partial charge in [0.25, 0.3) is 5.56 Å². The van der Waals surface area contributed by atoms with E-state index in [1.54, 1.807) is 22.8 Å². The maximum absolute atomic E-state index is 13.0. The minimum atomic E-state index is -0.117. The third kappa shape index (κ3) is 5.06. The van der Waals surface area contributed by atoms with Crippen molar-refractivity contribution in [2.45, 2.75) is 34.1 Å². The Bertz CT molecular complexity index is 1310. The molecule has 6 heteroatoms. The molecule has 1 heterocycles. The minimum absolute atomic E-state index is 0.114. The monoisotopic (exact) mass is 447 g/mol. The second-order valence-electron chi connectivity index (χ2n) is 7.17. The van der Waals surface area contributed by atoms with E-state index < -0.39 is 0 Å². The van der Waals surface area contributed by atoms with Gasteiger partial charge in [0.2, 0.25) is 5.91 Å². The Kier molecular flexibility index (Phi) is 7.44. The lowest BCUT2D eigenvalue weighted by Crippen LogP contribution is -2.22. The van der Waals surface area contributed by atoms with Crippen LogP contribution in [0.2, 0.25) is 5.02 Å². The first-order valence-electron chi connectivity index (χ1n) is 10.6. The Balaban J connectivity index is 0.00000141. The lowest BCUT2D eigenvalue weighted by Gasteiger charge is -2.14. The predicted molar refractivity (Wildman–Crippen MR) is 132 cm³/mol. The average molecular weight is 448 g/mol. The first-order chi connectivity index (χ1) is 15.4. The summed E-state index contributed by atoms with van der Waals surface area (Å²) < 4.78 is 1.59. The molecule has 32 heavy (non-hydrogen) atoms. The number of benzene rings is 3. The van der Waals surface area contributed by atoms with Gasteiger partial charge in [0.1, 0.15) is 5.82 Å². The summed E-state index contributed by atoms with van der Waals surface area (Å²) in [5.74, 6) is 0.492. The third-order valence-corrected chi connectivity index (χ3v) is 5.22. The number of nitrogens with zero attached hydrogens (tertiary/aromatic N) is 2. The summed E-state index contributed by atoms with van der Waals surface area (Å²) in [6, 6.07) is 20.0. The summed E-state index contributed by atoms with van der Waals surface area (Å²) >= 11 is 5.89. The van der Waals surface area contributed by atoms with Crippen LogP contribution in [0.4, 0.5) is 5.69 Å². The number of para-hydroxylation sites is 1. The number of halogens is 1. The minimum Gasteiger partial charge on any atom is -0.326 e. The van der Waals surface area contributed by atoms with Gasteiger partial charge in [-0.05, 0) is 67.4 Å². The van der Waals surface area contributed by atoms with Gasteiger partial charge in [0.05, 0.1) is 23.0 Å². The van der Waals surface area contributed by atoms with E-state index in [2.05, 4.69) is 10.3 Å². The lowest BCUT2D eigenvalue weighted by molar-refractivity contribution is -0.115. The maximum Gasteiger partial charge on any atom is 0.265 e. The third-order valence-electron chi connectivity index (χ3n) is 4.96. The molecule has 0 aliphatic rings. The van der Waals surface area contributed by atoms with Crippen molar-refractivity contribution in [3.63, 3.8) is 0 Å². The van der Waals surface area contributed by atoms with Crippen LogP contribution in [0.25, 0.3) is 16.6 Å². The molecule has 0 aliphatic heterocycles. The highest BCUT2D eigenvalue weighted by molar-refractivity contribution is 6.30. The van der Waals surface area contributed by atoms with Crippen LogP contribution in [0.1, 0.15) is 30.8 Å². The molecule has 0 fully saturated rings. The van der Waals surface area contributed by atoms with Gasteiger partial charge >= 0.3 is 0 Å². The summed E-state index contributed by atoms with van der Waals surface area (Å²) in [7, 11) is 0. The zero-order chi connectivity index (χ0) is 23.3. The number of anilines is 1. The topological polar surface area (TPSA) is 64.0 Å². The molecule has 3 aromatic carbocycles. The fourth-order valence-corrected chi connectivity index (χ4v) is 3.58. The molecule has 0 unspecified atom stereocenters. The largest absolute Gasteiger partial charge is 0.326 e. The Hall–Kier alpha value is -3.44. The summed E-state index contributed by atoms with van der Waals surface area (Å²) in [6.45, 7) is 7.71. The number of carbonyl (C=O) groups is 1. The van der Waals surface area contributed by atoms with Crippen LogP contribution >= 0.6 is 11.6 Å². The molecule has 4 rings (SSSR count). The van der Waals surface area contributed by atoms with Crippen LogP contribution in [0.15, 0.2) is 71.5 Å². The zero-order valence-electron chi connectivity index (χ0n) is 18.6. The molecule has 5 nitrogen and oxygen atoms in total. The number of aryl methyl sites for hydroxylation is 2. The molecule has 1 aromatic heterocycles. The highest BCUT2D eigenvalue weighted by Crippen LogP contribution is 2.20. The molecule has 0 aliphatic carbocycles. The van der Waals surface area contributed by atoms with Crippen LogP contribution < -0.4 is 10.9 Å². The fraction of sp³-hybridized carbons (Fsp3) is 0.192. The first-order valence-corrected chi connectivity index (χ1v) is 10.9. The van der Waals surface area contributed by atoms with Crippen molar-refractivity contribution in [1.29, 1.82) is 0 Å². The number of rotatable bonds is 4. The van der Waals surface area contributed by atoms with Gasteiger partial charge in [0.15, 0.2) is 0 Å². The first kappa shape index (κ1) is 23.2. The van der Waals surface area contributed by atoms with Gasteiger partial charge in [-0.1, -0.05) is 49.7 Å². The Morgan fingerprint density at radius 1 is 1.00 bits per heavy atom. The second-order valence-corrected chi connectivity index (χ2v) is 7.60. The molecular formula is C26H26ClN3O2. The fourth-order valence-electron chi connectivity index (χ4n) is 3.46. The van der Waals surface area contributed by atoms with Gasteiger partial charge < -0.3 is 5.32 Å². The van der Waals surface area contributed by atoms with Crippen LogP contribution in [0, 0.1) is 13.8 Å². The van der Waals surface area contributed by atoms with Gasteiger partial charge in [-0.3, -0.25) is 14.2 Å². The molecule has 0 radical (unpaired) electrons. The van der Waals surface area contributed by atoms with Crippen molar-refractivity contribution in [2.24, 2.45) is 0 Å². The molecule has 0 spiro atoms. The van der Waals surface area contributed by atoms with Crippen LogP contribution in [-0.2, 0) is 11.2 Å². The van der Waals surface area contributed by atoms with Gasteiger partial charge in [-0.2, -0.15) is 0 Å². The van der Waals surface area contributed by atoms with E-state index in [-0.39, 0.29) is 17.9 Å². The highest BCUT2D eigenvalue weighted by atomic mass is 35.5. The summed E-state index contributed by atoms with van der Waals surface area (Å²) in [5, 5.41) is 4.14. The molecule has 4 aromatic rings. The van der Waals surface area contributed by atoms with E-state index in [1.165, 1.54) is 0 Å². The zero-order valence-corrected chi connectivity index (χ0v) is 19.4. The average Bonchev–Trinajstić information content (AvgIpc) is 2.78. The Labute approximate surface area is 192 Å². The molecule has 0 saturated carbocycles. The highest BCUT2D eigenvalue weighted by Gasteiger charge is 2.12. The van der Waals surface area contributed by atoms with Gasteiger partial charge in [-0.25, -0.2) is 4.98 Å². The van der Waals surface area contributed by atoms with E-state index in [9.17, 15) is 9.59 Å². The summed E-state index contributed by atoms with van der Waals surface area (Å²) in [5.41, 5.74) is 3.73. The van der Waals surface area contributed by atoms with Crippen molar-refractivity contribution in [2.75, 3.05) is 5.32 Å². The van der Waals surface area contributed by atoms with E-state index in [0.717, 1.165) is 11.1 Å². The second kappa shape index (κ2) is 10.2. The maximum atomic E-state index is 13.0. The van der Waals surface area contributed by atoms with Crippen LogP contribution in [-0.4, -0.2) is 15.5 Å². The number of nitrogens with one attached hydrogen (secondary N) is 1. The normalized spacial score (nSPS) is 10.4. The number of aromatic nitrogens is 2. The number of carbonyl (C=O) groups excluding carboxylic acids is 1. The van der Waals surface area contributed by atoms with Gasteiger partial charge in [-0.15, -0.1) is 0 Å². The summed E-state index contributed by atoms with van der Waals surface area (Å²) in [6.07, 6.45) is 0.255. The molecule has 1 amide bonds. The van der Waals surface area contributed by atoms with E-state index >= 15 is 0 Å².